The molecule has 0 unspecified atom stereocenters. The summed E-state index contributed by atoms with van der Waals surface area (Å²) in [7, 11) is 0. The zero-order valence-electron chi connectivity index (χ0n) is 8.50. The van der Waals surface area contributed by atoms with E-state index in [1.807, 2.05) is 0 Å². The van der Waals surface area contributed by atoms with Crippen LogP contribution in [0, 0.1) is 5.82 Å². The summed E-state index contributed by atoms with van der Waals surface area (Å²) in [6, 6.07) is 4.76. The van der Waals surface area contributed by atoms with Crippen LogP contribution in [0.3, 0.4) is 0 Å². The number of rotatable bonds is 5. The predicted molar refractivity (Wildman–Crippen MR) is 61.3 cm³/mol. The van der Waals surface area contributed by atoms with Gasteiger partial charge in [0, 0.05) is 13.1 Å². The maximum atomic E-state index is 12.9. The number of nitrogens with one attached hydrogen (secondary N) is 1. The number of carbonyl (C=O) groups excluding carboxylic acids is 1. The Morgan fingerprint density at radius 3 is 2.94 bits per heavy atom. The first-order valence-electron chi connectivity index (χ1n) is 4.66. The Balaban J connectivity index is 2.27. The molecule has 1 aromatic rings. The minimum atomic E-state index is -0.786. The van der Waals surface area contributed by atoms with E-state index in [4.69, 9.17) is 5.73 Å². The van der Waals surface area contributed by atoms with Crippen molar-refractivity contribution in [3.8, 4) is 0 Å². The fraction of sp³-hybridized carbons (Fsp3) is 0.300. The van der Waals surface area contributed by atoms with Gasteiger partial charge in [0.15, 0.2) is 0 Å². The molecule has 0 bridgehead atoms. The van der Waals surface area contributed by atoms with Crippen LogP contribution in [0.1, 0.15) is 5.56 Å². The van der Waals surface area contributed by atoms with Crippen LogP contribution in [0.5, 0.6) is 0 Å². The maximum Gasteiger partial charge on any atom is 0.404 e. The lowest BCUT2D eigenvalue weighted by atomic mass is 10.2. The number of benzene rings is 1. The number of hydrogen-bond acceptors (Lipinski definition) is 3. The van der Waals surface area contributed by atoms with Crippen LogP contribution >= 0.6 is 15.9 Å². The molecule has 0 heterocycles. The number of primary amides is 1. The van der Waals surface area contributed by atoms with Crippen LogP contribution in [-0.2, 0) is 11.3 Å². The third-order valence-corrected chi connectivity index (χ3v) is 2.44. The summed E-state index contributed by atoms with van der Waals surface area (Å²) in [5.41, 5.74) is 5.72. The minimum absolute atomic E-state index is 0.220. The summed E-state index contributed by atoms with van der Waals surface area (Å²) in [6.07, 6.45) is -0.786. The van der Waals surface area contributed by atoms with Crippen LogP contribution in [0.25, 0.3) is 0 Å². The van der Waals surface area contributed by atoms with Crippen LogP contribution in [0.15, 0.2) is 22.7 Å². The molecule has 0 fully saturated rings. The van der Waals surface area contributed by atoms with Crippen molar-refractivity contribution in [2.45, 2.75) is 6.54 Å². The Labute approximate surface area is 101 Å². The van der Waals surface area contributed by atoms with Crippen LogP contribution in [0.2, 0.25) is 0 Å². The molecule has 0 atom stereocenters. The van der Waals surface area contributed by atoms with Gasteiger partial charge in [-0.1, -0.05) is 6.07 Å². The number of ether oxygens (including phenoxy) is 1. The highest BCUT2D eigenvalue weighted by atomic mass is 79.9. The molecule has 0 aliphatic rings. The molecule has 16 heavy (non-hydrogen) atoms. The van der Waals surface area contributed by atoms with Crippen molar-refractivity contribution in [3.05, 3.63) is 34.1 Å². The van der Waals surface area contributed by atoms with Gasteiger partial charge in [-0.25, -0.2) is 9.18 Å². The van der Waals surface area contributed by atoms with Crippen LogP contribution in [-0.4, -0.2) is 19.2 Å². The van der Waals surface area contributed by atoms with E-state index >= 15 is 0 Å². The molecular weight excluding hydrogens is 279 g/mol. The van der Waals surface area contributed by atoms with Gasteiger partial charge in [-0.15, -0.1) is 0 Å². The second kappa shape index (κ2) is 6.44. The number of nitrogens with two attached hydrogens (primary N) is 1. The van der Waals surface area contributed by atoms with E-state index in [0.29, 0.717) is 17.6 Å². The van der Waals surface area contributed by atoms with Gasteiger partial charge in [0.1, 0.15) is 12.4 Å². The second-order valence-electron chi connectivity index (χ2n) is 3.09. The molecule has 4 nitrogen and oxygen atoms in total. The molecule has 0 spiro atoms. The third kappa shape index (κ3) is 4.59. The molecule has 0 aromatic heterocycles. The summed E-state index contributed by atoms with van der Waals surface area (Å²) in [5.74, 6) is -0.291. The Morgan fingerprint density at radius 1 is 1.56 bits per heavy atom. The highest BCUT2D eigenvalue weighted by molar-refractivity contribution is 9.10. The van der Waals surface area contributed by atoms with E-state index in [0.717, 1.165) is 5.56 Å². The van der Waals surface area contributed by atoms with Gasteiger partial charge in [-0.3, -0.25) is 0 Å². The highest BCUT2D eigenvalue weighted by Gasteiger charge is 2.00. The Hall–Kier alpha value is -1.14. The summed E-state index contributed by atoms with van der Waals surface area (Å²) in [6.45, 7) is 1.29. The fourth-order valence-corrected chi connectivity index (χ4v) is 1.53. The van der Waals surface area contributed by atoms with Gasteiger partial charge in [0.2, 0.25) is 0 Å². The van der Waals surface area contributed by atoms with Crippen molar-refractivity contribution in [3.63, 3.8) is 0 Å². The quantitative estimate of drug-likeness (QED) is 0.813. The molecule has 1 aromatic carbocycles. The molecule has 3 N–H and O–H groups in total. The first kappa shape index (κ1) is 12.9. The van der Waals surface area contributed by atoms with Crippen molar-refractivity contribution in [2.24, 2.45) is 5.73 Å². The molecular formula is C10H12BrFN2O2. The number of carbonyl (C=O) groups is 1. The van der Waals surface area contributed by atoms with E-state index < -0.39 is 6.09 Å². The zero-order valence-corrected chi connectivity index (χ0v) is 10.1. The van der Waals surface area contributed by atoms with Gasteiger partial charge in [0.05, 0.1) is 4.47 Å². The van der Waals surface area contributed by atoms with Crippen molar-refractivity contribution in [2.75, 3.05) is 13.2 Å². The Morgan fingerprint density at radius 2 is 2.31 bits per heavy atom. The smallest absolute Gasteiger partial charge is 0.404 e. The van der Waals surface area contributed by atoms with E-state index in [9.17, 15) is 9.18 Å². The number of halogens is 2. The predicted octanol–water partition coefficient (Wildman–Crippen LogP) is 1.77. The van der Waals surface area contributed by atoms with E-state index in [1.54, 1.807) is 12.1 Å². The van der Waals surface area contributed by atoms with E-state index in [1.165, 1.54) is 6.07 Å². The highest BCUT2D eigenvalue weighted by Crippen LogP contribution is 2.16. The second-order valence-corrected chi connectivity index (χ2v) is 3.95. The van der Waals surface area contributed by atoms with Gasteiger partial charge >= 0.3 is 6.09 Å². The van der Waals surface area contributed by atoms with Gasteiger partial charge in [-0.2, -0.15) is 0 Å². The number of amides is 1. The molecule has 0 aliphatic carbocycles. The Bertz CT molecular complexity index is 374. The average molecular weight is 291 g/mol. The maximum absolute atomic E-state index is 12.9. The van der Waals surface area contributed by atoms with Gasteiger partial charge < -0.3 is 15.8 Å². The number of hydrogen-bond donors (Lipinski definition) is 2. The fourth-order valence-electron chi connectivity index (χ4n) is 1.11. The molecule has 88 valence electrons. The van der Waals surface area contributed by atoms with Crippen molar-refractivity contribution in [1.82, 2.24) is 5.32 Å². The topological polar surface area (TPSA) is 64.4 Å². The monoisotopic (exact) mass is 290 g/mol. The molecule has 0 saturated carbocycles. The molecule has 0 radical (unpaired) electrons. The minimum Gasteiger partial charge on any atom is -0.448 e. The summed E-state index contributed by atoms with van der Waals surface area (Å²) < 4.78 is 17.9. The molecule has 1 rings (SSSR count). The van der Waals surface area contributed by atoms with Crippen molar-refractivity contribution in [1.29, 1.82) is 0 Å². The Kier molecular flexibility index (Phi) is 5.21. The van der Waals surface area contributed by atoms with Gasteiger partial charge in [0.25, 0.3) is 0 Å². The summed E-state index contributed by atoms with van der Waals surface area (Å²) in [5, 5.41) is 3.03. The summed E-state index contributed by atoms with van der Waals surface area (Å²) in [4.78, 5) is 10.2. The first-order chi connectivity index (χ1) is 7.59. The van der Waals surface area contributed by atoms with Crippen LogP contribution < -0.4 is 11.1 Å². The largest absolute Gasteiger partial charge is 0.448 e. The van der Waals surface area contributed by atoms with Crippen molar-refractivity contribution >= 4 is 22.0 Å². The van der Waals surface area contributed by atoms with Crippen LogP contribution in [0.4, 0.5) is 9.18 Å². The molecule has 1 amide bonds. The first-order valence-corrected chi connectivity index (χ1v) is 5.46. The standard InChI is InChI=1S/C10H12BrFN2O2/c11-8-5-7(1-2-9(8)12)6-14-3-4-16-10(13)15/h1-2,5,14H,3-4,6H2,(H2,13,15). The lowest BCUT2D eigenvalue weighted by molar-refractivity contribution is 0.157. The SMILES string of the molecule is NC(=O)OCCNCc1ccc(F)c(Br)c1. The van der Waals surface area contributed by atoms with Gasteiger partial charge in [-0.05, 0) is 33.6 Å². The normalized spacial score (nSPS) is 10.1. The zero-order chi connectivity index (χ0) is 12.0. The third-order valence-electron chi connectivity index (χ3n) is 1.84. The van der Waals surface area contributed by atoms with E-state index in [-0.39, 0.29) is 12.4 Å². The molecule has 0 saturated heterocycles. The summed E-state index contributed by atoms with van der Waals surface area (Å²) >= 11 is 3.10. The van der Waals surface area contributed by atoms with Crippen molar-refractivity contribution < 1.29 is 13.9 Å². The lowest BCUT2D eigenvalue weighted by Gasteiger charge is -2.05. The lowest BCUT2D eigenvalue weighted by Crippen LogP contribution is -2.23. The van der Waals surface area contributed by atoms with E-state index in [2.05, 4.69) is 26.0 Å². The molecule has 6 heteroatoms. The molecule has 0 aliphatic heterocycles. The average Bonchev–Trinajstić information content (AvgIpc) is 2.22.